The highest BCUT2D eigenvalue weighted by atomic mass is 16.6. The Hall–Kier alpha value is -2.73. The molecule has 23 heavy (non-hydrogen) atoms. The first-order valence-electron chi connectivity index (χ1n) is 7.35. The number of morpholine rings is 1. The minimum absolute atomic E-state index is 0.0225. The van der Waals surface area contributed by atoms with E-state index >= 15 is 0 Å². The number of non-ortho nitro benzene ring substituents is 1. The fraction of sp³-hybridized carbons (Fsp3) is 0.235. The molecule has 1 fully saturated rings. The summed E-state index contributed by atoms with van der Waals surface area (Å²) in [6.07, 6.45) is -0.146. The number of carbonyl (C=O) groups is 1. The molecular weight excluding hydrogens is 296 g/mol. The van der Waals surface area contributed by atoms with E-state index in [1.807, 2.05) is 30.3 Å². The van der Waals surface area contributed by atoms with Gasteiger partial charge < -0.3 is 9.64 Å². The van der Waals surface area contributed by atoms with E-state index in [2.05, 4.69) is 0 Å². The monoisotopic (exact) mass is 312 g/mol. The molecule has 1 aliphatic heterocycles. The molecule has 3 rings (SSSR count). The van der Waals surface area contributed by atoms with Crippen molar-refractivity contribution >= 4 is 11.6 Å². The number of ether oxygens (including phenoxy) is 1. The van der Waals surface area contributed by atoms with Crippen molar-refractivity contribution in [3.05, 3.63) is 75.8 Å². The maximum Gasteiger partial charge on any atom is 0.269 e. The molecule has 1 amide bonds. The summed E-state index contributed by atoms with van der Waals surface area (Å²) in [5.41, 5.74) is 1.46. The van der Waals surface area contributed by atoms with E-state index in [1.54, 1.807) is 4.90 Å². The second-order valence-corrected chi connectivity index (χ2v) is 5.33. The Morgan fingerprint density at radius 1 is 1.13 bits per heavy atom. The molecule has 0 bridgehead atoms. The van der Waals surface area contributed by atoms with Crippen molar-refractivity contribution in [2.24, 2.45) is 0 Å². The number of nitro groups is 1. The first-order chi connectivity index (χ1) is 11.1. The molecule has 118 valence electrons. The molecule has 0 saturated carbocycles. The molecule has 1 aliphatic rings. The third kappa shape index (κ3) is 3.37. The number of nitro benzene ring substituents is 1. The first-order valence-corrected chi connectivity index (χ1v) is 7.35. The molecule has 2 aromatic carbocycles. The molecule has 0 spiro atoms. The lowest BCUT2D eigenvalue weighted by Gasteiger charge is -2.33. The van der Waals surface area contributed by atoms with Gasteiger partial charge in [-0.1, -0.05) is 30.3 Å². The number of benzene rings is 2. The summed E-state index contributed by atoms with van der Waals surface area (Å²) in [6, 6.07) is 15.5. The van der Waals surface area contributed by atoms with E-state index in [0.29, 0.717) is 25.3 Å². The number of hydrogen-bond acceptors (Lipinski definition) is 4. The van der Waals surface area contributed by atoms with Crippen LogP contribution in [0.1, 0.15) is 22.0 Å². The third-order valence-corrected chi connectivity index (χ3v) is 3.85. The lowest BCUT2D eigenvalue weighted by molar-refractivity contribution is -0.384. The fourth-order valence-corrected chi connectivity index (χ4v) is 2.61. The van der Waals surface area contributed by atoms with Gasteiger partial charge in [-0.15, -0.1) is 0 Å². The van der Waals surface area contributed by atoms with Gasteiger partial charge in [0.1, 0.15) is 6.10 Å². The average Bonchev–Trinajstić information content (AvgIpc) is 2.62. The number of rotatable bonds is 3. The Kier molecular flexibility index (Phi) is 4.34. The summed E-state index contributed by atoms with van der Waals surface area (Å²) in [5.74, 6) is -0.135. The van der Waals surface area contributed by atoms with Crippen LogP contribution >= 0.6 is 0 Å². The van der Waals surface area contributed by atoms with Gasteiger partial charge in [-0.05, 0) is 17.7 Å². The van der Waals surface area contributed by atoms with E-state index < -0.39 is 4.92 Å². The molecule has 6 heteroatoms. The van der Waals surface area contributed by atoms with Crippen LogP contribution in [0.5, 0.6) is 0 Å². The Labute approximate surface area is 133 Å². The van der Waals surface area contributed by atoms with Crippen molar-refractivity contribution in [3.63, 3.8) is 0 Å². The number of amides is 1. The van der Waals surface area contributed by atoms with Crippen molar-refractivity contribution in [2.45, 2.75) is 6.10 Å². The smallest absolute Gasteiger partial charge is 0.269 e. The van der Waals surface area contributed by atoms with Crippen LogP contribution in [0.4, 0.5) is 5.69 Å². The maximum absolute atomic E-state index is 12.6. The van der Waals surface area contributed by atoms with Crippen LogP contribution < -0.4 is 0 Å². The highest BCUT2D eigenvalue weighted by molar-refractivity contribution is 5.94. The molecule has 0 unspecified atom stereocenters. The van der Waals surface area contributed by atoms with E-state index in [1.165, 1.54) is 24.3 Å². The fourth-order valence-electron chi connectivity index (χ4n) is 2.61. The van der Waals surface area contributed by atoms with Gasteiger partial charge in [0.15, 0.2) is 0 Å². The topological polar surface area (TPSA) is 72.7 Å². The summed E-state index contributed by atoms with van der Waals surface area (Å²) in [4.78, 5) is 24.5. The molecular formula is C17H16N2O4. The third-order valence-electron chi connectivity index (χ3n) is 3.85. The average molecular weight is 312 g/mol. The molecule has 0 radical (unpaired) electrons. The number of nitrogens with zero attached hydrogens (tertiary/aromatic N) is 2. The van der Waals surface area contributed by atoms with Crippen LogP contribution in [0, 0.1) is 10.1 Å². The van der Waals surface area contributed by atoms with Crippen LogP contribution in [0.15, 0.2) is 54.6 Å². The van der Waals surface area contributed by atoms with Crippen molar-refractivity contribution in [1.82, 2.24) is 4.90 Å². The zero-order valence-corrected chi connectivity index (χ0v) is 12.4. The molecule has 1 heterocycles. The van der Waals surface area contributed by atoms with Gasteiger partial charge in [-0.3, -0.25) is 14.9 Å². The van der Waals surface area contributed by atoms with Crippen molar-refractivity contribution in [2.75, 3.05) is 19.7 Å². The molecule has 6 nitrogen and oxygen atoms in total. The van der Waals surface area contributed by atoms with Gasteiger partial charge in [0, 0.05) is 24.2 Å². The maximum atomic E-state index is 12.6. The Morgan fingerprint density at radius 2 is 1.83 bits per heavy atom. The SMILES string of the molecule is O=C(c1ccc([N+](=O)[O-])cc1)N1CCO[C@H](c2ccccc2)C1. The number of carbonyl (C=O) groups excluding carboxylic acids is 1. The molecule has 1 atom stereocenters. The minimum Gasteiger partial charge on any atom is -0.370 e. The summed E-state index contributed by atoms with van der Waals surface area (Å²) < 4.78 is 5.75. The largest absolute Gasteiger partial charge is 0.370 e. The summed E-state index contributed by atoms with van der Waals surface area (Å²) >= 11 is 0. The summed E-state index contributed by atoms with van der Waals surface area (Å²) in [5, 5.41) is 10.7. The lowest BCUT2D eigenvalue weighted by Crippen LogP contribution is -2.42. The van der Waals surface area contributed by atoms with Gasteiger partial charge >= 0.3 is 0 Å². The quantitative estimate of drug-likeness (QED) is 0.645. The number of hydrogen-bond donors (Lipinski definition) is 0. The van der Waals surface area contributed by atoms with Gasteiger partial charge in [0.05, 0.1) is 18.1 Å². The molecule has 1 saturated heterocycles. The van der Waals surface area contributed by atoms with E-state index in [0.717, 1.165) is 5.56 Å². The van der Waals surface area contributed by atoms with Crippen LogP contribution in [-0.2, 0) is 4.74 Å². The standard InChI is InChI=1S/C17H16N2O4/c20-17(14-6-8-15(9-7-14)19(21)22)18-10-11-23-16(12-18)13-4-2-1-3-5-13/h1-9,16H,10-12H2/t16-/m0/s1. The first kappa shape index (κ1) is 15.2. The Balaban J connectivity index is 1.73. The van der Waals surface area contributed by atoms with Crippen molar-refractivity contribution in [3.8, 4) is 0 Å². The second kappa shape index (κ2) is 6.58. The predicted molar refractivity (Wildman–Crippen MR) is 84.1 cm³/mol. The van der Waals surface area contributed by atoms with E-state index in [4.69, 9.17) is 4.74 Å². The molecule has 0 N–H and O–H groups in total. The molecule has 2 aromatic rings. The van der Waals surface area contributed by atoms with Gasteiger partial charge in [-0.2, -0.15) is 0 Å². The van der Waals surface area contributed by atoms with E-state index in [-0.39, 0.29) is 17.7 Å². The zero-order chi connectivity index (χ0) is 16.2. The Bertz CT molecular complexity index is 700. The van der Waals surface area contributed by atoms with Crippen molar-refractivity contribution in [1.29, 1.82) is 0 Å². The second-order valence-electron chi connectivity index (χ2n) is 5.33. The zero-order valence-electron chi connectivity index (χ0n) is 12.4. The Morgan fingerprint density at radius 3 is 2.48 bits per heavy atom. The highest BCUT2D eigenvalue weighted by Gasteiger charge is 2.26. The summed E-state index contributed by atoms with van der Waals surface area (Å²) in [6.45, 7) is 1.46. The van der Waals surface area contributed by atoms with Crippen LogP contribution in [0.3, 0.4) is 0 Å². The van der Waals surface area contributed by atoms with Crippen LogP contribution in [0.25, 0.3) is 0 Å². The minimum atomic E-state index is -0.478. The summed E-state index contributed by atoms with van der Waals surface area (Å²) in [7, 11) is 0. The van der Waals surface area contributed by atoms with Gasteiger partial charge in [0.2, 0.25) is 0 Å². The highest BCUT2D eigenvalue weighted by Crippen LogP contribution is 2.23. The molecule has 0 aliphatic carbocycles. The molecule has 0 aromatic heterocycles. The van der Waals surface area contributed by atoms with Crippen molar-refractivity contribution < 1.29 is 14.5 Å². The van der Waals surface area contributed by atoms with E-state index in [9.17, 15) is 14.9 Å². The van der Waals surface area contributed by atoms with Gasteiger partial charge in [-0.25, -0.2) is 0 Å². The van der Waals surface area contributed by atoms with Gasteiger partial charge in [0.25, 0.3) is 11.6 Å². The van der Waals surface area contributed by atoms with Crippen LogP contribution in [0.2, 0.25) is 0 Å². The lowest BCUT2D eigenvalue weighted by atomic mass is 10.1. The van der Waals surface area contributed by atoms with Crippen LogP contribution in [-0.4, -0.2) is 35.4 Å². The normalized spacial score (nSPS) is 17.7. The predicted octanol–water partition coefficient (Wildman–Crippen LogP) is 2.81.